The van der Waals surface area contributed by atoms with E-state index in [0.717, 1.165) is 10.8 Å². The number of fused-ring (bicyclic) bond motifs is 2. The number of hydrogen-bond donors (Lipinski definition) is 1. The molecule has 5 atom stereocenters. The highest BCUT2D eigenvalue weighted by Gasteiger charge is 2.75. The van der Waals surface area contributed by atoms with Crippen molar-refractivity contribution in [2.45, 2.75) is 43.9 Å². The summed E-state index contributed by atoms with van der Waals surface area (Å²) in [5.74, 6) is -1.70. The maximum Gasteiger partial charge on any atom is 0.253 e. The lowest BCUT2D eigenvalue weighted by molar-refractivity contribution is -0.141. The summed E-state index contributed by atoms with van der Waals surface area (Å²) in [4.78, 5) is 48.4. The molecule has 240 valence electrons. The fourth-order valence-corrected chi connectivity index (χ4v) is 7.66. The van der Waals surface area contributed by atoms with E-state index >= 15 is 0 Å². The first kappa shape index (κ1) is 31.5. The van der Waals surface area contributed by atoms with Gasteiger partial charge in [0.15, 0.2) is 0 Å². The van der Waals surface area contributed by atoms with E-state index in [1.165, 1.54) is 0 Å². The molecule has 46 heavy (non-hydrogen) atoms. The normalized spacial score (nSPS) is 24.6. The number of rotatable bonds is 13. The first-order valence-corrected chi connectivity index (χ1v) is 16.0. The Bertz CT molecular complexity index is 1640. The molecular weight excluding hydrogens is 582 g/mol. The van der Waals surface area contributed by atoms with Gasteiger partial charge in [-0.05, 0) is 73.4 Å². The predicted octanol–water partition coefficient (Wildman–Crippen LogP) is 4.73. The molecule has 3 fully saturated rings. The summed E-state index contributed by atoms with van der Waals surface area (Å²) in [5, 5.41) is 11.8. The third-order valence-electron chi connectivity index (χ3n) is 9.54. The fraction of sp³-hybridized carbons (Fsp3) is 0.378. The number of likely N-dealkylation sites (tertiary alicyclic amines) is 1. The van der Waals surface area contributed by atoms with Gasteiger partial charge in [0.1, 0.15) is 17.4 Å². The molecule has 3 aliphatic rings. The van der Waals surface area contributed by atoms with Gasteiger partial charge >= 0.3 is 0 Å². The summed E-state index contributed by atoms with van der Waals surface area (Å²) in [6.07, 6.45) is 4.16. The zero-order valence-corrected chi connectivity index (χ0v) is 26.2. The average Bonchev–Trinajstić information content (AvgIpc) is 3.72. The molecule has 3 aromatic rings. The SMILES string of the molecule is C=CCN(C(=O)C1N(CCCO)C(=O)[C@@H]2[C@@H](C(=O)N(CC=C)c3ccc(OCC)cc3)[C@H]3CCC12O3)c1ccc2ccccc2c1. The Morgan fingerprint density at radius 3 is 2.35 bits per heavy atom. The number of aliphatic hydroxyl groups excluding tert-OH is 1. The van der Waals surface area contributed by atoms with Crippen molar-refractivity contribution in [1.82, 2.24) is 4.90 Å². The Hall–Kier alpha value is -4.47. The molecule has 9 heteroatoms. The van der Waals surface area contributed by atoms with E-state index < -0.39 is 29.6 Å². The highest BCUT2D eigenvalue weighted by molar-refractivity contribution is 6.07. The Morgan fingerprint density at radius 2 is 1.67 bits per heavy atom. The van der Waals surface area contributed by atoms with Crippen molar-refractivity contribution in [3.8, 4) is 5.75 Å². The second kappa shape index (κ2) is 13.1. The molecule has 2 unspecified atom stereocenters. The topological polar surface area (TPSA) is 99.6 Å². The van der Waals surface area contributed by atoms with E-state index in [9.17, 15) is 19.5 Å². The Balaban J connectivity index is 1.37. The van der Waals surface area contributed by atoms with Crippen molar-refractivity contribution in [3.63, 3.8) is 0 Å². The molecule has 6 rings (SSSR count). The van der Waals surface area contributed by atoms with Crippen LogP contribution in [-0.2, 0) is 19.1 Å². The van der Waals surface area contributed by atoms with Crippen LogP contribution >= 0.6 is 0 Å². The van der Waals surface area contributed by atoms with E-state index in [1.54, 1.807) is 26.9 Å². The van der Waals surface area contributed by atoms with Crippen molar-refractivity contribution in [2.24, 2.45) is 11.8 Å². The number of ether oxygens (including phenoxy) is 2. The molecular formula is C37H41N3O6. The van der Waals surface area contributed by atoms with Crippen LogP contribution in [0.4, 0.5) is 11.4 Å². The van der Waals surface area contributed by atoms with E-state index in [1.807, 2.05) is 73.7 Å². The summed E-state index contributed by atoms with van der Waals surface area (Å²) >= 11 is 0. The van der Waals surface area contributed by atoms with Crippen LogP contribution in [0.3, 0.4) is 0 Å². The highest BCUT2D eigenvalue weighted by atomic mass is 16.5. The van der Waals surface area contributed by atoms with Crippen LogP contribution in [-0.4, -0.2) is 78.3 Å². The van der Waals surface area contributed by atoms with Crippen molar-refractivity contribution >= 4 is 39.9 Å². The van der Waals surface area contributed by atoms with Gasteiger partial charge in [-0.2, -0.15) is 0 Å². The summed E-state index contributed by atoms with van der Waals surface area (Å²) in [6.45, 7) is 10.7. The van der Waals surface area contributed by atoms with Crippen LogP contribution in [0, 0.1) is 11.8 Å². The fourth-order valence-electron chi connectivity index (χ4n) is 7.66. The van der Waals surface area contributed by atoms with Gasteiger partial charge in [-0.25, -0.2) is 0 Å². The summed E-state index contributed by atoms with van der Waals surface area (Å²) < 4.78 is 12.3. The number of benzene rings is 3. The number of amides is 3. The zero-order chi connectivity index (χ0) is 32.4. The van der Waals surface area contributed by atoms with Crippen molar-refractivity contribution < 1.29 is 29.0 Å². The van der Waals surface area contributed by atoms with Crippen LogP contribution < -0.4 is 14.5 Å². The highest BCUT2D eigenvalue weighted by Crippen LogP contribution is 2.59. The molecule has 3 amide bonds. The number of aliphatic hydroxyl groups is 1. The molecule has 9 nitrogen and oxygen atoms in total. The number of nitrogens with zero attached hydrogens (tertiary/aromatic N) is 3. The third-order valence-corrected chi connectivity index (χ3v) is 9.54. The molecule has 3 saturated heterocycles. The van der Waals surface area contributed by atoms with Gasteiger partial charge in [0.2, 0.25) is 11.8 Å². The van der Waals surface area contributed by atoms with Crippen LogP contribution in [0.25, 0.3) is 10.8 Å². The predicted molar refractivity (Wildman–Crippen MR) is 178 cm³/mol. The number of hydrogen-bond acceptors (Lipinski definition) is 6. The first-order valence-electron chi connectivity index (χ1n) is 16.0. The summed E-state index contributed by atoms with van der Waals surface area (Å²) in [6, 6.07) is 20.1. The lowest BCUT2D eigenvalue weighted by Crippen LogP contribution is -2.56. The van der Waals surface area contributed by atoms with E-state index in [4.69, 9.17) is 9.47 Å². The maximum atomic E-state index is 14.8. The minimum Gasteiger partial charge on any atom is -0.494 e. The molecule has 0 aromatic heterocycles. The smallest absolute Gasteiger partial charge is 0.253 e. The molecule has 0 radical (unpaired) electrons. The minimum atomic E-state index is -1.16. The maximum absolute atomic E-state index is 14.8. The largest absolute Gasteiger partial charge is 0.494 e. The Labute approximate surface area is 269 Å². The quantitative estimate of drug-likeness (QED) is 0.277. The van der Waals surface area contributed by atoms with Gasteiger partial charge in [0.05, 0.1) is 24.5 Å². The van der Waals surface area contributed by atoms with Gasteiger partial charge < -0.3 is 29.3 Å². The van der Waals surface area contributed by atoms with Crippen LogP contribution in [0.15, 0.2) is 92.0 Å². The molecule has 1 spiro atoms. The molecule has 0 aliphatic carbocycles. The Kier molecular flexibility index (Phi) is 8.97. The zero-order valence-electron chi connectivity index (χ0n) is 26.2. The van der Waals surface area contributed by atoms with E-state index in [0.29, 0.717) is 43.0 Å². The van der Waals surface area contributed by atoms with Crippen LogP contribution in [0.1, 0.15) is 26.2 Å². The molecule has 3 aliphatic heterocycles. The lowest BCUT2D eigenvalue weighted by atomic mass is 9.70. The molecule has 1 N–H and O–H groups in total. The summed E-state index contributed by atoms with van der Waals surface area (Å²) in [5.41, 5.74) is 0.184. The van der Waals surface area contributed by atoms with Gasteiger partial charge in [-0.15, -0.1) is 13.2 Å². The van der Waals surface area contributed by atoms with E-state index in [-0.39, 0.29) is 44.0 Å². The molecule has 2 bridgehead atoms. The van der Waals surface area contributed by atoms with Crippen LogP contribution in [0.5, 0.6) is 5.75 Å². The van der Waals surface area contributed by atoms with Gasteiger partial charge in [0.25, 0.3) is 5.91 Å². The van der Waals surface area contributed by atoms with Crippen molar-refractivity contribution in [3.05, 3.63) is 92.0 Å². The second-order valence-corrected chi connectivity index (χ2v) is 12.1. The number of carbonyl (C=O) groups is 3. The van der Waals surface area contributed by atoms with Crippen LogP contribution in [0.2, 0.25) is 0 Å². The van der Waals surface area contributed by atoms with Crippen molar-refractivity contribution in [1.29, 1.82) is 0 Å². The van der Waals surface area contributed by atoms with E-state index in [2.05, 4.69) is 13.2 Å². The molecule has 3 aromatic carbocycles. The lowest BCUT2D eigenvalue weighted by Gasteiger charge is -2.37. The number of anilines is 2. The molecule has 0 saturated carbocycles. The monoisotopic (exact) mass is 623 g/mol. The van der Waals surface area contributed by atoms with Gasteiger partial charge in [-0.3, -0.25) is 14.4 Å². The third kappa shape index (κ3) is 5.27. The summed E-state index contributed by atoms with van der Waals surface area (Å²) in [7, 11) is 0. The molecule has 3 heterocycles. The second-order valence-electron chi connectivity index (χ2n) is 12.1. The minimum absolute atomic E-state index is 0.139. The standard InChI is InChI=1S/C37H41N3O6/c1-4-20-38(27-14-16-29(17-15-27)45-6-3)34(42)31-30-18-19-37(46-30)32(31)35(43)40(22-9-23-41)33(37)36(44)39(21-5-2)28-13-12-25-10-7-8-11-26(25)24-28/h4-5,7-8,10-17,24,30-33,41H,1-2,6,9,18-23H2,3H3/t30-,31+,32+,33?,37?/m1/s1. The Morgan fingerprint density at radius 1 is 1.00 bits per heavy atom. The average molecular weight is 624 g/mol. The first-order chi connectivity index (χ1) is 22.4. The van der Waals surface area contributed by atoms with Gasteiger partial charge in [-0.1, -0.05) is 42.5 Å². The van der Waals surface area contributed by atoms with Crippen molar-refractivity contribution in [2.75, 3.05) is 42.6 Å². The van der Waals surface area contributed by atoms with Gasteiger partial charge in [0, 0.05) is 37.6 Å². The number of carbonyl (C=O) groups excluding carboxylic acids is 3.